The number of hydrogen-bond acceptors (Lipinski definition) is 1. The molecule has 1 nitrogen and oxygen atoms in total. The van der Waals surface area contributed by atoms with Crippen LogP contribution in [0.5, 0.6) is 0 Å². The average molecular weight is 197 g/mol. The van der Waals surface area contributed by atoms with Gasteiger partial charge in [-0.05, 0) is 22.6 Å². The van der Waals surface area contributed by atoms with Gasteiger partial charge in [0.05, 0.1) is 0 Å². The Kier molecular flexibility index (Phi) is 3.79. The maximum atomic E-state index is 4.19. The number of nitrogens with zero attached hydrogens (tertiary/aromatic N) is 1. The van der Waals surface area contributed by atoms with Crippen LogP contribution in [0.15, 0.2) is 29.4 Å². The monoisotopic (exact) mass is 197 g/mol. The third-order valence-electron chi connectivity index (χ3n) is 2.06. The van der Waals surface area contributed by atoms with E-state index in [1.165, 1.54) is 4.90 Å². The van der Waals surface area contributed by atoms with Crippen LogP contribution in [0.2, 0.25) is 0 Å². The molecule has 0 amide bonds. The van der Waals surface area contributed by atoms with E-state index in [1.807, 2.05) is 18.5 Å². The average Bonchev–Trinajstić information content (AvgIpc) is 2.04. The molecule has 0 aliphatic carbocycles. The Labute approximate surface area is 83.9 Å². The summed E-state index contributed by atoms with van der Waals surface area (Å²) in [7, 11) is -0.0363. The second-order valence-corrected chi connectivity index (χ2v) is 7.20. The fraction of sp³-hybridized carbons (Fsp3) is 0.545. The van der Waals surface area contributed by atoms with Crippen molar-refractivity contribution in [3.8, 4) is 0 Å². The molecule has 1 aromatic rings. The molecule has 0 fully saturated rings. The minimum atomic E-state index is -0.0363. The van der Waals surface area contributed by atoms with Gasteiger partial charge in [-0.2, -0.15) is 0 Å². The Morgan fingerprint density at radius 2 is 1.77 bits per heavy atom. The number of thiol groups is 1. The van der Waals surface area contributed by atoms with Crippen LogP contribution in [0.1, 0.15) is 27.7 Å². The lowest BCUT2D eigenvalue weighted by Gasteiger charge is -2.29. The number of aromatic nitrogens is 1. The maximum absolute atomic E-state index is 4.19. The van der Waals surface area contributed by atoms with E-state index in [2.05, 4.69) is 38.7 Å². The molecule has 0 atom stereocenters. The summed E-state index contributed by atoms with van der Waals surface area (Å²) in [4.78, 5) is 5.62. The van der Waals surface area contributed by atoms with Gasteiger partial charge >= 0.3 is 0 Å². The first-order valence-electron chi connectivity index (χ1n) is 4.81. The van der Waals surface area contributed by atoms with Crippen LogP contribution in [0.4, 0.5) is 0 Å². The molecule has 0 radical (unpaired) electrons. The summed E-state index contributed by atoms with van der Waals surface area (Å²) in [5.41, 5.74) is 0. The molecule has 0 saturated carbocycles. The first-order chi connectivity index (χ1) is 6.13. The van der Waals surface area contributed by atoms with E-state index < -0.39 is 0 Å². The van der Waals surface area contributed by atoms with Crippen LogP contribution in [0, 0.1) is 0 Å². The van der Waals surface area contributed by atoms with E-state index in [-0.39, 0.29) is 10.9 Å². The van der Waals surface area contributed by atoms with Gasteiger partial charge in [0, 0.05) is 17.3 Å². The molecule has 1 heterocycles. The third kappa shape index (κ3) is 2.73. The Balaban J connectivity index is 2.89. The Morgan fingerprint density at radius 3 is 2.15 bits per heavy atom. The normalized spacial score (nSPS) is 12.3. The summed E-state index contributed by atoms with van der Waals surface area (Å²) in [6.45, 7) is 9.22. The van der Waals surface area contributed by atoms with E-state index >= 15 is 0 Å². The number of hydrogen-bond donors (Lipinski definition) is 1. The molecule has 74 valence electrons. The highest BCUT2D eigenvalue weighted by Crippen LogP contribution is 2.44. The van der Waals surface area contributed by atoms with Gasteiger partial charge in [-0.25, -0.2) is 10.9 Å². The third-order valence-corrected chi connectivity index (χ3v) is 5.14. The standard InChI is InChI=1S/C11H19NS/c1-9(2)13(10(3)4)11-6-5-7-12-8-11/h5-10,13H,1-4H3. The van der Waals surface area contributed by atoms with E-state index in [1.54, 1.807) is 0 Å². The lowest BCUT2D eigenvalue weighted by molar-refractivity contribution is 1.02. The lowest BCUT2D eigenvalue weighted by atomic mass is 10.5. The summed E-state index contributed by atoms with van der Waals surface area (Å²) in [5, 5.41) is 1.50. The van der Waals surface area contributed by atoms with Gasteiger partial charge in [-0.15, -0.1) is 0 Å². The van der Waals surface area contributed by atoms with E-state index in [0.29, 0.717) is 0 Å². The fourth-order valence-corrected chi connectivity index (χ4v) is 4.54. The van der Waals surface area contributed by atoms with Crippen LogP contribution in [0.3, 0.4) is 0 Å². The van der Waals surface area contributed by atoms with Crippen LogP contribution in [-0.4, -0.2) is 15.5 Å². The number of rotatable bonds is 3. The summed E-state index contributed by atoms with van der Waals surface area (Å²) in [6.07, 6.45) is 3.86. The fourth-order valence-electron chi connectivity index (χ4n) is 1.70. The van der Waals surface area contributed by atoms with Crippen LogP contribution < -0.4 is 0 Å². The number of pyridine rings is 1. The van der Waals surface area contributed by atoms with E-state index in [0.717, 1.165) is 10.5 Å². The molecule has 0 bridgehead atoms. The molecule has 1 rings (SSSR count). The second kappa shape index (κ2) is 4.66. The van der Waals surface area contributed by atoms with E-state index in [9.17, 15) is 0 Å². The van der Waals surface area contributed by atoms with Crippen LogP contribution >= 0.6 is 10.9 Å². The van der Waals surface area contributed by atoms with Crippen molar-refractivity contribution in [1.29, 1.82) is 0 Å². The van der Waals surface area contributed by atoms with Crippen molar-refractivity contribution in [3.05, 3.63) is 24.5 Å². The molecule has 0 aromatic carbocycles. The minimum Gasteiger partial charge on any atom is -0.264 e. The van der Waals surface area contributed by atoms with Gasteiger partial charge in [0.25, 0.3) is 0 Å². The summed E-state index contributed by atoms with van der Waals surface area (Å²) in [5.74, 6) is 0. The molecular weight excluding hydrogens is 178 g/mol. The SMILES string of the molecule is CC(C)[SH](c1cccnc1)C(C)C. The van der Waals surface area contributed by atoms with Crippen LogP contribution in [-0.2, 0) is 0 Å². The van der Waals surface area contributed by atoms with Gasteiger partial charge in [0.1, 0.15) is 0 Å². The van der Waals surface area contributed by atoms with Crippen molar-refractivity contribution >= 4 is 10.9 Å². The van der Waals surface area contributed by atoms with Gasteiger partial charge in [-0.3, -0.25) is 4.98 Å². The smallest absolute Gasteiger partial charge is 0.0386 e. The molecule has 2 heteroatoms. The largest absolute Gasteiger partial charge is 0.264 e. The molecular formula is C11H19NS. The van der Waals surface area contributed by atoms with Crippen molar-refractivity contribution in [2.75, 3.05) is 0 Å². The summed E-state index contributed by atoms with van der Waals surface area (Å²) < 4.78 is 0. The lowest BCUT2D eigenvalue weighted by Crippen LogP contribution is -2.08. The first-order valence-corrected chi connectivity index (χ1v) is 6.29. The predicted molar refractivity (Wildman–Crippen MR) is 61.8 cm³/mol. The highest BCUT2D eigenvalue weighted by molar-refractivity contribution is 8.18. The van der Waals surface area contributed by atoms with Gasteiger partial charge in [0.2, 0.25) is 0 Å². The molecule has 0 N–H and O–H groups in total. The van der Waals surface area contributed by atoms with Crippen molar-refractivity contribution in [2.45, 2.75) is 43.1 Å². The van der Waals surface area contributed by atoms with Crippen molar-refractivity contribution in [3.63, 3.8) is 0 Å². The zero-order chi connectivity index (χ0) is 9.84. The minimum absolute atomic E-state index is 0.0363. The highest BCUT2D eigenvalue weighted by atomic mass is 32.2. The Bertz CT molecular complexity index is 236. The first kappa shape index (κ1) is 10.6. The topological polar surface area (TPSA) is 12.9 Å². The quantitative estimate of drug-likeness (QED) is 0.734. The molecule has 1 aromatic heterocycles. The van der Waals surface area contributed by atoms with Crippen molar-refractivity contribution < 1.29 is 0 Å². The molecule has 13 heavy (non-hydrogen) atoms. The molecule has 0 saturated heterocycles. The maximum Gasteiger partial charge on any atom is 0.0386 e. The predicted octanol–water partition coefficient (Wildman–Crippen LogP) is 3.26. The zero-order valence-electron chi connectivity index (χ0n) is 8.86. The van der Waals surface area contributed by atoms with Crippen molar-refractivity contribution in [2.24, 2.45) is 0 Å². The Hall–Kier alpha value is -0.500. The molecule has 0 spiro atoms. The highest BCUT2D eigenvalue weighted by Gasteiger charge is 2.14. The molecule has 0 aliphatic heterocycles. The van der Waals surface area contributed by atoms with Gasteiger partial charge in [-0.1, -0.05) is 27.7 Å². The van der Waals surface area contributed by atoms with Crippen LogP contribution in [0.25, 0.3) is 0 Å². The van der Waals surface area contributed by atoms with Gasteiger partial charge in [0.15, 0.2) is 0 Å². The van der Waals surface area contributed by atoms with E-state index in [4.69, 9.17) is 0 Å². The van der Waals surface area contributed by atoms with Gasteiger partial charge < -0.3 is 0 Å². The second-order valence-electron chi connectivity index (χ2n) is 3.81. The zero-order valence-corrected chi connectivity index (χ0v) is 9.75. The summed E-state index contributed by atoms with van der Waals surface area (Å²) >= 11 is 0. The Morgan fingerprint density at radius 1 is 1.15 bits per heavy atom. The molecule has 0 aliphatic rings. The summed E-state index contributed by atoms with van der Waals surface area (Å²) in [6, 6.07) is 4.24. The molecule has 0 unspecified atom stereocenters. The van der Waals surface area contributed by atoms with Crippen molar-refractivity contribution in [1.82, 2.24) is 4.98 Å².